The zero-order valence-electron chi connectivity index (χ0n) is 16.3. The number of carbonyl (C=O) groups is 1. The Bertz CT molecular complexity index is 1220. The number of aryl methyl sites for hydroxylation is 1. The van der Waals surface area contributed by atoms with Crippen LogP contribution in [0, 0.1) is 6.92 Å². The van der Waals surface area contributed by atoms with Crippen LogP contribution in [0.5, 0.6) is 11.5 Å². The number of aromatic amines is 1. The van der Waals surface area contributed by atoms with Crippen LogP contribution in [0.2, 0.25) is 5.02 Å². The van der Waals surface area contributed by atoms with Gasteiger partial charge in [0, 0.05) is 23.7 Å². The van der Waals surface area contributed by atoms with Crippen molar-refractivity contribution in [1.29, 1.82) is 0 Å². The third-order valence-electron chi connectivity index (χ3n) is 4.52. The fourth-order valence-electron chi connectivity index (χ4n) is 2.91. The molecule has 0 fully saturated rings. The Labute approximate surface area is 181 Å². The monoisotopic (exact) mass is 447 g/mol. The molecule has 2 aromatic carbocycles. The van der Waals surface area contributed by atoms with Crippen LogP contribution in [0.4, 0.5) is 13.2 Å². The first-order valence-electron chi connectivity index (χ1n) is 9.10. The van der Waals surface area contributed by atoms with Gasteiger partial charge in [-0.2, -0.15) is 13.2 Å². The molecule has 0 bridgehead atoms. The summed E-state index contributed by atoms with van der Waals surface area (Å²) >= 11 is 5.93. The fraction of sp³-hybridized carbons (Fsp3) is 0.130. The molecule has 0 aliphatic carbocycles. The molecule has 3 aromatic rings. The van der Waals surface area contributed by atoms with Gasteiger partial charge in [0.15, 0.2) is 5.78 Å². The highest BCUT2D eigenvalue weighted by atomic mass is 35.5. The van der Waals surface area contributed by atoms with Gasteiger partial charge in [-0.1, -0.05) is 18.2 Å². The van der Waals surface area contributed by atoms with E-state index in [0.29, 0.717) is 27.5 Å². The van der Waals surface area contributed by atoms with Crippen LogP contribution in [0.15, 0.2) is 66.1 Å². The number of allylic oxidation sites excluding steroid dienone is 1. The van der Waals surface area contributed by atoms with E-state index in [4.69, 9.17) is 16.3 Å². The van der Waals surface area contributed by atoms with Crippen LogP contribution < -0.4 is 10.3 Å². The molecule has 1 heterocycles. The molecule has 0 radical (unpaired) electrons. The van der Waals surface area contributed by atoms with Gasteiger partial charge in [-0.3, -0.25) is 9.59 Å². The molecule has 160 valence electrons. The Morgan fingerprint density at radius 2 is 1.81 bits per heavy atom. The molecule has 0 atom stereocenters. The van der Waals surface area contributed by atoms with Crippen molar-refractivity contribution in [2.75, 3.05) is 0 Å². The number of carbonyl (C=O) groups excluding carboxylic acids is 1. The van der Waals surface area contributed by atoms with Crippen molar-refractivity contribution in [2.45, 2.75) is 19.5 Å². The number of aromatic nitrogens is 1. The van der Waals surface area contributed by atoms with Crippen LogP contribution in [-0.4, -0.2) is 10.8 Å². The quantitative estimate of drug-likeness (QED) is 0.443. The predicted molar refractivity (Wildman–Crippen MR) is 113 cm³/mol. The second-order valence-corrected chi connectivity index (χ2v) is 7.30. The molecule has 4 nitrogen and oxygen atoms in total. The Morgan fingerprint density at radius 1 is 1.10 bits per heavy atom. The summed E-state index contributed by atoms with van der Waals surface area (Å²) in [6.45, 7) is 5.51. The minimum absolute atomic E-state index is 0.0258. The zero-order valence-corrected chi connectivity index (χ0v) is 17.1. The number of hydrogen-bond acceptors (Lipinski definition) is 3. The van der Waals surface area contributed by atoms with Crippen molar-refractivity contribution >= 4 is 23.0 Å². The van der Waals surface area contributed by atoms with E-state index in [1.807, 2.05) is 0 Å². The van der Waals surface area contributed by atoms with E-state index in [-0.39, 0.29) is 23.3 Å². The lowest BCUT2D eigenvalue weighted by Crippen LogP contribution is -2.10. The summed E-state index contributed by atoms with van der Waals surface area (Å²) in [5, 5.41) is 0.475. The predicted octanol–water partition coefficient (Wildman–Crippen LogP) is 6.43. The number of ether oxygens (including phenoxy) is 1. The summed E-state index contributed by atoms with van der Waals surface area (Å²) in [5.74, 6) is -0.299. The van der Waals surface area contributed by atoms with Gasteiger partial charge < -0.3 is 9.72 Å². The van der Waals surface area contributed by atoms with Crippen LogP contribution >= 0.6 is 11.6 Å². The number of Topliss-reactive ketones (excluding diaryl/α,β-unsaturated/α-hetero) is 1. The fourth-order valence-corrected chi connectivity index (χ4v) is 3.14. The highest BCUT2D eigenvalue weighted by molar-refractivity contribution is 6.30. The first-order valence-corrected chi connectivity index (χ1v) is 9.48. The number of rotatable bonds is 6. The summed E-state index contributed by atoms with van der Waals surface area (Å²) in [6, 6.07) is 10.3. The summed E-state index contributed by atoms with van der Waals surface area (Å²) in [6.07, 6.45) is -3.52. The number of benzene rings is 2. The maximum atomic E-state index is 13.2. The summed E-state index contributed by atoms with van der Waals surface area (Å²) in [7, 11) is 0. The van der Waals surface area contributed by atoms with Crippen molar-refractivity contribution in [3.63, 3.8) is 0 Å². The van der Waals surface area contributed by atoms with Gasteiger partial charge in [0.2, 0.25) is 5.56 Å². The zero-order chi connectivity index (χ0) is 22.8. The Hall–Kier alpha value is -3.32. The lowest BCUT2D eigenvalue weighted by molar-refractivity contribution is -0.137. The Balaban J connectivity index is 1.97. The highest BCUT2D eigenvalue weighted by Gasteiger charge is 2.32. The van der Waals surface area contributed by atoms with Gasteiger partial charge in [-0.05, 0) is 66.1 Å². The minimum atomic E-state index is -4.63. The minimum Gasteiger partial charge on any atom is -0.456 e. The average Bonchev–Trinajstić information content (AvgIpc) is 2.69. The molecular formula is C23H17ClF3NO3. The Kier molecular flexibility index (Phi) is 6.36. The normalized spacial score (nSPS) is 11.3. The largest absolute Gasteiger partial charge is 0.456 e. The van der Waals surface area contributed by atoms with Crippen LogP contribution in [0.3, 0.4) is 0 Å². The van der Waals surface area contributed by atoms with Crippen LogP contribution in [-0.2, 0) is 6.18 Å². The molecule has 0 saturated carbocycles. The first kappa shape index (κ1) is 22.4. The molecule has 8 heteroatoms. The van der Waals surface area contributed by atoms with Gasteiger partial charge in [0.05, 0.1) is 11.1 Å². The number of pyridine rings is 1. The van der Waals surface area contributed by atoms with E-state index in [1.165, 1.54) is 12.3 Å². The molecule has 0 aliphatic rings. The lowest BCUT2D eigenvalue weighted by Gasteiger charge is -2.15. The molecule has 1 aromatic heterocycles. The van der Waals surface area contributed by atoms with Gasteiger partial charge in [0.1, 0.15) is 11.5 Å². The van der Waals surface area contributed by atoms with Crippen LogP contribution in [0.1, 0.15) is 33.5 Å². The third-order valence-corrected chi connectivity index (χ3v) is 4.76. The number of halogens is 4. The average molecular weight is 448 g/mol. The summed E-state index contributed by atoms with van der Waals surface area (Å²) in [5.41, 5.74) is -0.235. The van der Waals surface area contributed by atoms with Crippen molar-refractivity contribution in [3.8, 4) is 11.5 Å². The maximum absolute atomic E-state index is 13.2. The molecule has 0 amide bonds. The van der Waals surface area contributed by atoms with Crippen molar-refractivity contribution in [3.05, 3.63) is 98.9 Å². The van der Waals surface area contributed by atoms with Gasteiger partial charge in [-0.25, -0.2) is 0 Å². The van der Waals surface area contributed by atoms with E-state index < -0.39 is 17.5 Å². The molecule has 0 unspecified atom stereocenters. The number of ketones is 1. The van der Waals surface area contributed by atoms with Gasteiger partial charge >= 0.3 is 6.18 Å². The maximum Gasteiger partial charge on any atom is 0.416 e. The van der Waals surface area contributed by atoms with E-state index >= 15 is 0 Å². The molecule has 0 spiro atoms. The third kappa shape index (κ3) is 5.44. The van der Waals surface area contributed by atoms with E-state index in [1.54, 1.807) is 31.2 Å². The smallest absolute Gasteiger partial charge is 0.416 e. The molecule has 0 aliphatic heterocycles. The van der Waals surface area contributed by atoms with Crippen molar-refractivity contribution in [2.24, 2.45) is 0 Å². The second kappa shape index (κ2) is 8.81. The molecule has 0 saturated heterocycles. The first-order chi connectivity index (χ1) is 14.5. The number of H-pyrrole nitrogens is 1. The van der Waals surface area contributed by atoms with Crippen LogP contribution in [0.25, 0.3) is 5.57 Å². The van der Waals surface area contributed by atoms with E-state index in [0.717, 1.165) is 18.2 Å². The summed E-state index contributed by atoms with van der Waals surface area (Å²) < 4.78 is 45.5. The number of hydrogen-bond donors (Lipinski definition) is 1. The highest BCUT2D eigenvalue weighted by Crippen LogP contribution is 2.36. The second-order valence-electron chi connectivity index (χ2n) is 6.87. The lowest BCUT2D eigenvalue weighted by atomic mass is 9.97. The standard InChI is InChI=1S/C23H17ClF3NO3/c1-13(15-7-8-28-22(30)11-15)10-19(29)18-12-16(23(25,26)27)3-5-21(18)31-20-6-4-17(24)9-14(20)2/h3-9,11-12H,1,10H2,2H3,(H,28,30). The van der Waals surface area contributed by atoms with Gasteiger partial charge in [-0.15, -0.1) is 0 Å². The van der Waals surface area contributed by atoms with E-state index in [9.17, 15) is 22.8 Å². The van der Waals surface area contributed by atoms with Gasteiger partial charge in [0.25, 0.3) is 0 Å². The van der Waals surface area contributed by atoms with Crippen molar-refractivity contribution < 1.29 is 22.7 Å². The summed E-state index contributed by atoms with van der Waals surface area (Å²) in [4.78, 5) is 26.9. The topological polar surface area (TPSA) is 59.2 Å². The van der Waals surface area contributed by atoms with E-state index in [2.05, 4.69) is 11.6 Å². The SMILES string of the molecule is C=C(CC(=O)c1cc(C(F)(F)F)ccc1Oc1ccc(Cl)cc1C)c1cc[nH]c(=O)c1. The Morgan fingerprint density at radius 3 is 2.45 bits per heavy atom. The number of alkyl halides is 3. The molecule has 31 heavy (non-hydrogen) atoms. The van der Waals surface area contributed by atoms with Crippen molar-refractivity contribution in [1.82, 2.24) is 4.98 Å². The molecule has 3 rings (SSSR count). The molecular weight excluding hydrogens is 431 g/mol. The molecule has 1 N–H and O–H groups in total. The number of nitrogens with one attached hydrogen (secondary N) is 1.